The molecule has 0 aliphatic rings. The van der Waals surface area contributed by atoms with Crippen LogP contribution < -0.4 is 5.73 Å². The Morgan fingerprint density at radius 2 is 1.80 bits per heavy atom. The molecule has 1 aromatic carbocycles. The number of hydrogen-bond acceptors (Lipinski definition) is 3. The molecule has 0 atom stereocenters. The van der Waals surface area contributed by atoms with Crippen molar-refractivity contribution in [2.24, 2.45) is 5.73 Å². The van der Waals surface area contributed by atoms with Gasteiger partial charge in [0.15, 0.2) is 0 Å². The smallest absolute Gasteiger partial charge is 0.249 e. The maximum Gasteiger partial charge on any atom is 0.249 e. The van der Waals surface area contributed by atoms with E-state index in [-0.39, 0.29) is 0 Å². The number of thiophene rings is 1. The minimum Gasteiger partial charge on any atom is -0.366 e. The molecule has 0 aliphatic carbocycles. The van der Waals surface area contributed by atoms with Gasteiger partial charge in [-0.1, -0.05) is 18.2 Å². The maximum absolute atomic E-state index is 11.9. The lowest BCUT2D eigenvalue weighted by molar-refractivity contribution is 0.100. The number of aromatic nitrogens is 2. The molecule has 0 saturated heterocycles. The molecule has 0 radical (unpaired) electrons. The van der Waals surface area contributed by atoms with Gasteiger partial charge in [-0.3, -0.25) is 9.78 Å². The molecule has 1 amide bonds. The van der Waals surface area contributed by atoms with Crippen LogP contribution in [0.15, 0.2) is 71.7 Å². The molecule has 0 saturated carbocycles. The van der Waals surface area contributed by atoms with E-state index in [0.29, 0.717) is 5.56 Å². The summed E-state index contributed by atoms with van der Waals surface area (Å²) in [4.78, 5) is 19.4. The lowest BCUT2D eigenvalue weighted by Gasteiger charge is -2.07. The number of nitrogens with two attached hydrogens (primary N) is 1. The van der Waals surface area contributed by atoms with Gasteiger partial charge in [0.25, 0.3) is 0 Å². The van der Waals surface area contributed by atoms with Gasteiger partial charge in [0.1, 0.15) is 0 Å². The van der Waals surface area contributed by atoms with Crippen molar-refractivity contribution in [1.82, 2.24) is 9.97 Å². The van der Waals surface area contributed by atoms with E-state index < -0.39 is 5.91 Å². The molecule has 0 aliphatic heterocycles. The van der Waals surface area contributed by atoms with Crippen LogP contribution in [0.1, 0.15) is 10.4 Å². The fourth-order valence-electron chi connectivity index (χ4n) is 2.92. The van der Waals surface area contributed by atoms with Crippen molar-refractivity contribution in [3.8, 4) is 33.6 Å². The molecule has 122 valence electrons. The van der Waals surface area contributed by atoms with Crippen LogP contribution in [0, 0.1) is 0 Å². The number of amides is 1. The molecule has 5 heteroatoms. The van der Waals surface area contributed by atoms with Gasteiger partial charge in [-0.15, -0.1) is 0 Å². The molecule has 0 spiro atoms. The third-order valence-corrected chi connectivity index (χ3v) is 4.78. The van der Waals surface area contributed by atoms with E-state index in [1.807, 2.05) is 35.7 Å². The molecule has 3 heterocycles. The highest BCUT2D eigenvalue weighted by molar-refractivity contribution is 7.08. The number of primary amides is 1. The highest BCUT2D eigenvalue weighted by Crippen LogP contribution is 2.37. The second kappa shape index (κ2) is 6.37. The lowest BCUT2D eigenvalue weighted by atomic mass is 9.97. The Bertz CT molecular complexity index is 1020. The van der Waals surface area contributed by atoms with Gasteiger partial charge in [-0.05, 0) is 41.3 Å². The summed E-state index contributed by atoms with van der Waals surface area (Å²) < 4.78 is 0. The minimum absolute atomic E-state index is 0.432. The van der Waals surface area contributed by atoms with Crippen molar-refractivity contribution in [2.45, 2.75) is 0 Å². The topological polar surface area (TPSA) is 71.8 Å². The first-order valence-corrected chi connectivity index (χ1v) is 8.73. The summed E-state index contributed by atoms with van der Waals surface area (Å²) in [6.07, 6.45) is 3.52. The van der Waals surface area contributed by atoms with E-state index in [0.717, 1.165) is 33.6 Å². The number of H-pyrrole nitrogens is 1. The molecular formula is C20H15N3OS. The number of pyridine rings is 1. The van der Waals surface area contributed by atoms with Crippen LogP contribution >= 0.6 is 11.3 Å². The molecule has 3 N–H and O–H groups in total. The molecule has 4 aromatic rings. The molecule has 4 rings (SSSR count). The normalized spacial score (nSPS) is 10.7. The van der Waals surface area contributed by atoms with Crippen molar-refractivity contribution in [3.63, 3.8) is 0 Å². The first kappa shape index (κ1) is 15.4. The van der Waals surface area contributed by atoms with Gasteiger partial charge in [0.2, 0.25) is 5.91 Å². The summed E-state index contributed by atoms with van der Waals surface area (Å²) >= 11 is 1.63. The zero-order valence-corrected chi connectivity index (χ0v) is 14.1. The highest BCUT2D eigenvalue weighted by Gasteiger charge is 2.17. The van der Waals surface area contributed by atoms with E-state index in [9.17, 15) is 4.79 Å². The molecule has 4 nitrogen and oxygen atoms in total. The van der Waals surface area contributed by atoms with E-state index in [2.05, 4.69) is 27.5 Å². The summed E-state index contributed by atoms with van der Waals surface area (Å²) in [6, 6.07) is 15.4. The summed E-state index contributed by atoms with van der Waals surface area (Å²) in [5.74, 6) is -0.432. The van der Waals surface area contributed by atoms with Crippen molar-refractivity contribution >= 4 is 17.2 Å². The Balaban J connectivity index is 1.96. The second-order valence-corrected chi connectivity index (χ2v) is 6.41. The van der Waals surface area contributed by atoms with Crippen LogP contribution in [0.4, 0.5) is 0 Å². The highest BCUT2D eigenvalue weighted by atomic mass is 32.1. The molecule has 0 fully saturated rings. The maximum atomic E-state index is 11.9. The van der Waals surface area contributed by atoms with Crippen LogP contribution in [-0.4, -0.2) is 15.9 Å². The first-order valence-electron chi connectivity index (χ1n) is 7.79. The predicted molar refractivity (Wildman–Crippen MR) is 101 cm³/mol. The standard InChI is InChI=1S/C20H15N3OS/c21-20(24)16-4-2-1-3-15(16)17-11-18(13-5-8-22-9-6-13)23-19(17)14-7-10-25-12-14/h1-12,23H,(H2,21,24). The van der Waals surface area contributed by atoms with Crippen molar-refractivity contribution < 1.29 is 4.79 Å². The zero-order valence-electron chi connectivity index (χ0n) is 13.3. The third kappa shape index (κ3) is 2.86. The average Bonchev–Trinajstić information content (AvgIpc) is 3.32. The molecule has 3 aromatic heterocycles. The molecule has 0 bridgehead atoms. The Hall–Kier alpha value is -3.18. The molecule has 0 unspecified atom stereocenters. The number of nitrogens with zero attached hydrogens (tertiary/aromatic N) is 1. The Kier molecular flexibility index (Phi) is 3.91. The quantitative estimate of drug-likeness (QED) is 0.568. The van der Waals surface area contributed by atoms with Crippen LogP contribution in [-0.2, 0) is 0 Å². The third-order valence-electron chi connectivity index (χ3n) is 4.10. The summed E-state index contributed by atoms with van der Waals surface area (Å²) in [6.45, 7) is 0. The number of benzene rings is 1. The van der Waals surface area contributed by atoms with Crippen LogP contribution in [0.3, 0.4) is 0 Å². The minimum atomic E-state index is -0.432. The fraction of sp³-hybridized carbons (Fsp3) is 0. The largest absolute Gasteiger partial charge is 0.366 e. The number of carbonyl (C=O) groups is 1. The van der Waals surface area contributed by atoms with Gasteiger partial charge >= 0.3 is 0 Å². The van der Waals surface area contributed by atoms with E-state index >= 15 is 0 Å². The lowest BCUT2D eigenvalue weighted by Crippen LogP contribution is -2.12. The van der Waals surface area contributed by atoms with Gasteiger partial charge < -0.3 is 10.7 Å². The van der Waals surface area contributed by atoms with E-state index in [4.69, 9.17) is 5.73 Å². The zero-order chi connectivity index (χ0) is 17.2. The van der Waals surface area contributed by atoms with Gasteiger partial charge in [0, 0.05) is 45.7 Å². The van der Waals surface area contributed by atoms with Gasteiger partial charge in [-0.2, -0.15) is 11.3 Å². The number of hydrogen-bond donors (Lipinski definition) is 2. The number of carbonyl (C=O) groups excluding carboxylic acids is 1. The van der Waals surface area contributed by atoms with Crippen molar-refractivity contribution in [3.05, 3.63) is 77.2 Å². The van der Waals surface area contributed by atoms with Crippen molar-refractivity contribution in [2.75, 3.05) is 0 Å². The van der Waals surface area contributed by atoms with Crippen LogP contribution in [0.5, 0.6) is 0 Å². The molecule has 25 heavy (non-hydrogen) atoms. The molecular weight excluding hydrogens is 330 g/mol. The predicted octanol–water partition coefficient (Wildman–Crippen LogP) is 4.57. The second-order valence-electron chi connectivity index (χ2n) is 5.63. The number of nitrogens with one attached hydrogen (secondary N) is 1. The number of rotatable bonds is 4. The fourth-order valence-corrected chi connectivity index (χ4v) is 3.57. The van der Waals surface area contributed by atoms with Crippen molar-refractivity contribution in [1.29, 1.82) is 0 Å². The Morgan fingerprint density at radius 3 is 2.52 bits per heavy atom. The Morgan fingerprint density at radius 1 is 1.00 bits per heavy atom. The Labute approximate surface area is 149 Å². The summed E-state index contributed by atoms with van der Waals surface area (Å²) in [5, 5.41) is 4.12. The van der Waals surface area contributed by atoms with Crippen LogP contribution in [0.25, 0.3) is 33.6 Å². The van der Waals surface area contributed by atoms with Gasteiger partial charge in [0.05, 0.1) is 5.69 Å². The SMILES string of the molecule is NC(=O)c1ccccc1-c1cc(-c2ccncc2)[nH]c1-c1ccsc1. The van der Waals surface area contributed by atoms with Gasteiger partial charge in [-0.25, -0.2) is 0 Å². The average molecular weight is 345 g/mol. The van der Waals surface area contributed by atoms with E-state index in [1.54, 1.807) is 29.8 Å². The first-order chi connectivity index (χ1) is 12.2. The monoisotopic (exact) mass is 345 g/mol. The summed E-state index contributed by atoms with van der Waals surface area (Å²) in [5.41, 5.74) is 11.9. The van der Waals surface area contributed by atoms with E-state index in [1.165, 1.54) is 0 Å². The number of aromatic amines is 1. The summed E-state index contributed by atoms with van der Waals surface area (Å²) in [7, 11) is 0. The van der Waals surface area contributed by atoms with Crippen LogP contribution in [0.2, 0.25) is 0 Å².